The highest BCUT2D eigenvalue weighted by Crippen LogP contribution is 2.33. The number of aromatic nitrogens is 5. The summed E-state index contributed by atoms with van der Waals surface area (Å²) in [6, 6.07) is 0.465. The predicted octanol–water partition coefficient (Wildman–Crippen LogP) is 1.39. The number of amides is 1. The smallest absolute Gasteiger partial charge is 0.276 e. The molecule has 2 aliphatic rings. The zero-order chi connectivity index (χ0) is 17.4. The lowest BCUT2D eigenvalue weighted by atomic mass is 9.92. The number of hydrogen-bond acceptors (Lipinski definition) is 7. The van der Waals surface area contributed by atoms with Crippen LogP contribution in [0.3, 0.4) is 0 Å². The summed E-state index contributed by atoms with van der Waals surface area (Å²) in [5.41, 5.74) is 7.81. The molecule has 9 heteroatoms. The molecule has 1 amide bonds. The quantitative estimate of drug-likeness (QED) is 0.893. The van der Waals surface area contributed by atoms with E-state index < -0.39 is 0 Å². The first-order valence-electron chi connectivity index (χ1n) is 8.91. The van der Waals surface area contributed by atoms with E-state index in [1.807, 2.05) is 11.6 Å². The van der Waals surface area contributed by atoms with E-state index >= 15 is 0 Å². The van der Waals surface area contributed by atoms with Crippen molar-refractivity contribution in [2.45, 2.75) is 63.6 Å². The van der Waals surface area contributed by atoms with Crippen LogP contribution in [0.5, 0.6) is 0 Å². The van der Waals surface area contributed by atoms with Crippen molar-refractivity contribution in [3.63, 3.8) is 0 Å². The zero-order valence-electron chi connectivity index (χ0n) is 14.3. The van der Waals surface area contributed by atoms with Crippen LogP contribution >= 0.6 is 0 Å². The Bertz CT molecular complexity index is 747. The fourth-order valence-electron chi connectivity index (χ4n) is 3.90. The lowest BCUT2D eigenvalue weighted by Crippen LogP contribution is -2.31. The number of aryl methyl sites for hydroxylation is 1. The van der Waals surface area contributed by atoms with E-state index in [2.05, 4.69) is 20.6 Å². The minimum Gasteiger partial charge on any atom is -0.328 e. The average molecular weight is 345 g/mol. The lowest BCUT2D eigenvalue weighted by molar-refractivity contribution is 0.0724. The van der Waals surface area contributed by atoms with Gasteiger partial charge in [0.1, 0.15) is 11.4 Å². The van der Waals surface area contributed by atoms with Crippen LogP contribution in [0.4, 0.5) is 0 Å². The molecule has 1 saturated heterocycles. The van der Waals surface area contributed by atoms with Gasteiger partial charge in [-0.15, -0.1) is 5.10 Å². The van der Waals surface area contributed by atoms with Crippen LogP contribution in [0, 0.1) is 6.92 Å². The summed E-state index contributed by atoms with van der Waals surface area (Å²) in [6.45, 7) is 2.53. The summed E-state index contributed by atoms with van der Waals surface area (Å²) in [5.74, 6) is -0.108. The second-order valence-electron chi connectivity index (χ2n) is 7.04. The summed E-state index contributed by atoms with van der Waals surface area (Å²) < 4.78 is 6.63. The second kappa shape index (κ2) is 6.55. The van der Waals surface area contributed by atoms with E-state index in [-0.39, 0.29) is 24.0 Å². The van der Waals surface area contributed by atoms with E-state index in [1.165, 1.54) is 0 Å². The highest BCUT2D eigenvalue weighted by molar-refractivity contribution is 5.92. The molecule has 0 spiro atoms. The van der Waals surface area contributed by atoms with Gasteiger partial charge in [0.15, 0.2) is 5.69 Å². The first kappa shape index (κ1) is 16.2. The van der Waals surface area contributed by atoms with Crippen molar-refractivity contribution < 1.29 is 9.42 Å². The highest BCUT2D eigenvalue weighted by atomic mass is 16.6. The largest absolute Gasteiger partial charge is 0.328 e. The molecule has 0 bridgehead atoms. The third kappa shape index (κ3) is 3.04. The van der Waals surface area contributed by atoms with Gasteiger partial charge in [-0.05, 0) is 45.4 Å². The zero-order valence-corrected chi connectivity index (χ0v) is 14.3. The SMILES string of the molecule is Cc1nonc1[C@@H]1CCCN1C(=O)c1cn(C2CCC(N)CC2)nn1. The summed E-state index contributed by atoms with van der Waals surface area (Å²) >= 11 is 0. The topological polar surface area (TPSA) is 116 Å². The van der Waals surface area contributed by atoms with Gasteiger partial charge < -0.3 is 10.6 Å². The van der Waals surface area contributed by atoms with Crippen molar-refractivity contribution >= 4 is 5.91 Å². The third-order valence-electron chi connectivity index (χ3n) is 5.36. The number of hydrogen-bond donors (Lipinski definition) is 1. The molecule has 2 fully saturated rings. The third-order valence-corrected chi connectivity index (χ3v) is 5.36. The minimum atomic E-state index is -0.108. The van der Waals surface area contributed by atoms with Gasteiger partial charge in [0.2, 0.25) is 0 Å². The second-order valence-corrected chi connectivity index (χ2v) is 7.04. The predicted molar refractivity (Wildman–Crippen MR) is 87.5 cm³/mol. The van der Waals surface area contributed by atoms with Crippen molar-refractivity contribution in [2.75, 3.05) is 6.54 Å². The molecule has 134 valence electrons. The van der Waals surface area contributed by atoms with Crippen molar-refractivity contribution in [1.29, 1.82) is 0 Å². The van der Waals surface area contributed by atoms with Crippen LogP contribution in [0.2, 0.25) is 0 Å². The Hall–Kier alpha value is -2.29. The van der Waals surface area contributed by atoms with Crippen LogP contribution in [-0.4, -0.2) is 48.7 Å². The van der Waals surface area contributed by atoms with Gasteiger partial charge in [0.25, 0.3) is 5.91 Å². The average Bonchev–Trinajstić information content (AvgIpc) is 3.35. The van der Waals surface area contributed by atoms with Crippen molar-refractivity contribution in [3.8, 4) is 0 Å². The van der Waals surface area contributed by atoms with Crippen LogP contribution in [-0.2, 0) is 0 Å². The first-order valence-corrected chi connectivity index (χ1v) is 8.91. The molecular formula is C16H23N7O2. The molecule has 9 nitrogen and oxygen atoms in total. The molecule has 2 aromatic rings. The lowest BCUT2D eigenvalue weighted by Gasteiger charge is -2.25. The number of nitrogens with two attached hydrogens (primary N) is 1. The standard InChI is InChI=1S/C16H23N7O2/c1-10-15(20-25-19-10)14-3-2-8-22(14)16(24)13-9-23(21-18-13)12-6-4-11(17)5-7-12/h9,11-12,14H,2-8,17H2,1H3/t11?,12?,14-/m0/s1. The number of carbonyl (C=O) groups excluding carboxylic acids is 1. The van der Waals surface area contributed by atoms with Crippen molar-refractivity contribution in [2.24, 2.45) is 5.73 Å². The maximum Gasteiger partial charge on any atom is 0.276 e. The molecule has 0 unspecified atom stereocenters. The molecule has 25 heavy (non-hydrogen) atoms. The van der Waals surface area contributed by atoms with Gasteiger partial charge in [-0.1, -0.05) is 15.5 Å². The number of carbonyl (C=O) groups is 1. The molecule has 2 aromatic heterocycles. The Kier molecular flexibility index (Phi) is 4.24. The molecule has 1 aliphatic carbocycles. The monoisotopic (exact) mass is 345 g/mol. The Morgan fingerprint density at radius 1 is 1.24 bits per heavy atom. The molecule has 0 aromatic carbocycles. The molecule has 0 radical (unpaired) electrons. The van der Waals surface area contributed by atoms with Gasteiger partial charge in [-0.25, -0.2) is 9.31 Å². The minimum absolute atomic E-state index is 0.100. The fraction of sp³-hybridized carbons (Fsp3) is 0.688. The molecule has 4 rings (SSSR count). The Labute approximate surface area is 145 Å². The van der Waals surface area contributed by atoms with Gasteiger partial charge in [-0.2, -0.15) is 0 Å². The van der Waals surface area contributed by atoms with E-state index in [9.17, 15) is 4.79 Å². The van der Waals surface area contributed by atoms with Crippen LogP contribution in [0.25, 0.3) is 0 Å². The van der Waals surface area contributed by atoms with Gasteiger partial charge >= 0.3 is 0 Å². The summed E-state index contributed by atoms with van der Waals surface area (Å²) in [5, 5.41) is 16.1. The Morgan fingerprint density at radius 2 is 2.04 bits per heavy atom. The van der Waals surface area contributed by atoms with Crippen LogP contribution in [0.1, 0.15) is 72.5 Å². The summed E-state index contributed by atoms with van der Waals surface area (Å²) in [4.78, 5) is 14.7. The first-order chi connectivity index (χ1) is 12.1. The maximum atomic E-state index is 12.9. The van der Waals surface area contributed by atoms with E-state index in [0.717, 1.165) is 49.9 Å². The molecule has 2 N–H and O–H groups in total. The van der Waals surface area contributed by atoms with E-state index in [0.29, 0.717) is 12.2 Å². The number of nitrogens with zero attached hydrogens (tertiary/aromatic N) is 6. The Morgan fingerprint density at radius 3 is 2.76 bits per heavy atom. The van der Waals surface area contributed by atoms with Gasteiger partial charge in [0, 0.05) is 12.6 Å². The van der Waals surface area contributed by atoms with Crippen LogP contribution in [0.15, 0.2) is 10.8 Å². The van der Waals surface area contributed by atoms with Crippen molar-refractivity contribution in [1.82, 2.24) is 30.2 Å². The molecular weight excluding hydrogens is 322 g/mol. The molecule has 3 heterocycles. The Balaban J connectivity index is 1.50. The number of likely N-dealkylation sites (tertiary alicyclic amines) is 1. The maximum absolute atomic E-state index is 12.9. The van der Waals surface area contributed by atoms with Crippen LogP contribution < -0.4 is 5.73 Å². The van der Waals surface area contributed by atoms with Gasteiger partial charge in [0.05, 0.1) is 18.3 Å². The molecule has 1 aliphatic heterocycles. The van der Waals surface area contributed by atoms with E-state index in [4.69, 9.17) is 10.4 Å². The highest BCUT2D eigenvalue weighted by Gasteiger charge is 2.35. The molecule has 1 saturated carbocycles. The summed E-state index contributed by atoms with van der Waals surface area (Å²) in [7, 11) is 0. The number of rotatable bonds is 3. The van der Waals surface area contributed by atoms with Crippen molar-refractivity contribution in [3.05, 3.63) is 23.3 Å². The summed E-state index contributed by atoms with van der Waals surface area (Å²) in [6.07, 6.45) is 7.49. The van der Waals surface area contributed by atoms with E-state index in [1.54, 1.807) is 11.1 Å². The normalized spacial score (nSPS) is 27.0. The molecule has 1 atom stereocenters. The van der Waals surface area contributed by atoms with Gasteiger partial charge in [-0.3, -0.25) is 4.79 Å². The fourth-order valence-corrected chi connectivity index (χ4v) is 3.90.